The largest absolute Gasteiger partial charge is 0.497 e. The number of ether oxygens (including phenoxy) is 5. The molecule has 0 fully saturated rings. The van der Waals surface area contributed by atoms with Gasteiger partial charge in [-0.15, -0.1) is 0 Å². The molecule has 0 radical (unpaired) electrons. The number of amides is 1. The number of rotatable bonds is 15. The average Bonchev–Trinajstić information content (AvgIpc) is 3.73. The van der Waals surface area contributed by atoms with Gasteiger partial charge in [0.2, 0.25) is 13.2 Å². The van der Waals surface area contributed by atoms with E-state index < -0.39 is 16.0 Å². The Morgan fingerprint density at radius 3 is 2.44 bits per heavy atom. The van der Waals surface area contributed by atoms with Crippen LogP contribution in [0.3, 0.4) is 0 Å². The topological polar surface area (TPSA) is 135 Å². The number of hydrogen-bond acceptors (Lipinski definition) is 10. The second-order valence-corrected chi connectivity index (χ2v) is 12.5. The molecule has 1 aliphatic heterocycles. The van der Waals surface area contributed by atoms with Crippen LogP contribution in [0.5, 0.6) is 23.0 Å². The number of hydrogen-bond donors (Lipinski definition) is 0. The number of nitrogens with zero attached hydrogens (tertiary/aromatic N) is 3. The summed E-state index contributed by atoms with van der Waals surface area (Å²) in [5.74, 6) is 1.93. The van der Waals surface area contributed by atoms with E-state index in [2.05, 4.69) is 4.98 Å². The Bertz CT molecular complexity index is 1920. The third-order valence-electron chi connectivity index (χ3n) is 7.69. The third kappa shape index (κ3) is 7.00. The van der Waals surface area contributed by atoms with Gasteiger partial charge >= 0.3 is 5.97 Å². The van der Waals surface area contributed by atoms with Crippen LogP contribution in [-0.4, -0.2) is 58.0 Å². The number of aromatic nitrogens is 2. The Hall–Kier alpha value is -5.30. The highest BCUT2D eigenvalue weighted by Gasteiger charge is 2.29. The van der Waals surface area contributed by atoms with Gasteiger partial charge in [-0.2, -0.15) is 0 Å². The summed E-state index contributed by atoms with van der Waals surface area (Å²) in [6.07, 6.45) is 5.80. The Kier molecular flexibility index (Phi) is 10.7. The SMILES string of the molecule is CCCCc1ncc(C=C(Cc2cc3c(cc2OC)OCO3)C(=O)OCC)n1-c1ccc(OC)cc1N(C=O)S(=O)(=O)c1ccccc1. The molecule has 252 valence electrons. The van der Waals surface area contributed by atoms with Crippen molar-refractivity contribution in [2.75, 3.05) is 31.9 Å². The number of benzene rings is 3. The van der Waals surface area contributed by atoms with E-state index in [1.54, 1.807) is 66.2 Å². The number of methoxy groups -OCH3 is 2. The van der Waals surface area contributed by atoms with E-state index in [1.807, 2.05) is 6.92 Å². The van der Waals surface area contributed by atoms with Crippen molar-refractivity contribution < 1.29 is 41.7 Å². The van der Waals surface area contributed by atoms with Crippen molar-refractivity contribution in [1.29, 1.82) is 0 Å². The molecule has 3 aromatic carbocycles. The summed E-state index contributed by atoms with van der Waals surface area (Å²) in [5.41, 5.74) is 1.76. The van der Waals surface area contributed by atoms with E-state index in [0.29, 0.717) is 56.5 Å². The maximum absolute atomic E-state index is 13.8. The average molecular weight is 676 g/mol. The number of imidazole rings is 1. The fraction of sp³-hybridized carbons (Fsp3) is 0.286. The van der Waals surface area contributed by atoms with Crippen molar-refractivity contribution in [3.8, 4) is 28.7 Å². The van der Waals surface area contributed by atoms with Gasteiger partial charge in [0.25, 0.3) is 10.0 Å². The number of carbonyl (C=O) groups is 2. The van der Waals surface area contributed by atoms with Crippen LogP contribution in [0, 0.1) is 0 Å². The van der Waals surface area contributed by atoms with Crippen LogP contribution in [0.15, 0.2) is 77.3 Å². The third-order valence-corrected chi connectivity index (χ3v) is 9.36. The predicted molar refractivity (Wildman–Crippen MR) is 178 cm³/mol. The second-order valence-electron chi connectivity index (χ2n) is 10.7. The maximum atomic E-state index is 13.8. The molecule has 13 heteroatoms. The first-order valence-electron chi connectivity index (χ1n) is 15.4. The molecule has 0 bridgehead atoms. The van der Waals surface area contributed by atoms with Gasteiger partial charge in [-0.05, 0) is 49.8 Å². The van der Waals surface area contributed by atoms with E-state index in [0.717, 1.165) is 12.8 Å². The first kappa shape index (κ1) is 34.0. The summed E-state index contributed by atoms with van der Waals surface area (Å²) in [6.45, 7) is 3.98. The van der Waals surface area contributed by atoms with Crippen LogP contribution in [0.4, 0.5) is 5.69 Å². The predicted octanol–water partition coefficient (Wildman–Crippen LogP) is 5.50. The molecule has 1 amide bonds. The van der Waals surface area contributed by atoms with E-state index in [1.165, 1.54) is 32.4 Å². The molecular weight excluding hydrogens is 638 g/mol. The minimum atomic E-state index is -4.33. The summed E-state index contributed by atoms with van der Waals surface area (Å²) >= 11 is 0. The van der Waals surface area contributed by atoms with Gasteiger partial charge in [0.05, 0.1) is 49.0 Å². The van der Waals surface area contributed by atoms with Crippen LogP contribution in [0.1, 0.15) is 43.8 Å². The Labute approximate surface area is 279 Å². The highest BCUT2D eigenvalue weighted by Crippen LogP contribution is 2.39. The smallest absolute Gasteiger partial charge is 0.334 e. The van der Waals surface area contributed by atoms with Crippen LogP contribution < -0.4 is 23.3 Å². The number of fused-ring (bicyclic) bond motifs is 1. The van der Waals surface area contributed by atoms with Gasteiger partial charge < -0.3 is 23.7 Å². The highest BCUT2D eigenvalue weighted by atomic mass is 32.2. The molecule has 48 heavy (non-hydrogen) atoms. The molecule has 12 nitrogen and oxygen atoms in total. The molecule has 0 atom stereocenters. The Morgan fingerprint density at radius 1 is 1.02 bits per heavy atom. The molecule has 0 aliphatic carbocycles. The molecule has 1 aliphatic rings. The number of carbonyl (C=O) groups excluding carboxylic acids is 2. The second kappa shape index (κ2) is 15.1. The van der Waals surface area contributed by atoms with Gasteiger partial charge in [-0.1, -0.05) is 31.5 Å². The highest BCUT2D eigenvalue weighted by molar-refractivity contribution is 7.93. The van der Waals surface area contributed by atoms with E-state index in [4.69, 9.17) is 23.7 Å². The summed E-state index contributed by atoms with van der Waals surface area (Å²) in [6, 6.07) is 15.9. The minimum Gasteiger partial charge on any atom is -0.497 e. The van der Waals surface area contributed by atoms with E-state index >= 15 is 0 Å². The van der Waals surface area contributed by atoms with Gasteiger partial charge in [-0.3, -0.25) is 9.36 Å². The molecular formula is C35H37N3O9S. The zero-order chi connectivity index (χ0) is 34.3. The van der Waals surface area contributed by atoms with Crippen molar-refractivity contribution in [3.63, 3.8) is 0 Å². The van der Waals surface area contributed by atoms with Crippen LogP contribution in [0.2, 0.25) is 0 Å². The number of anilines is 1. The number of aryl methyl sites for hydroxylation is 1. The van der Waals surface area contributed by atoms with Gasteiger partial charge in [0, 0.05) is 36.1 Å². The maximum Gasteiger partial charge on any atom is 0.334 e. The summed E-state index contributed by atoms with van der Waals surface area (Å²) in [5, 5.41) is 0. The monoisotopic (exact) mass is 675 g/mol. The number of sulfonamides is 1. The fourth-order valence-corrected chi connectivity index (χ4v) is 6.57. The summed E-state index contributed by atoms with van der Waals surface area (Å²) < 4.78 is 57.7. The van der Waals surface area contributed by atoms with E-state index in [-0.39, 0.29) is 42.4 Å². The quantitative estimate of drug-likeness (QED) is 0.0903. The van der Waals surface area contributed by atoms with Gasteiger partial charge in [0.1, 0.15) is 17.3 Å². The molecule has 4 aromatic rings. The van der Waals surface area contributed by atoms with Crippen molar-refractivity contribution in [1.82, 2.24) is 9.55 Å². The molecule has 5 rings (SSSR count). The van der Waals surface area contributed by atoms with Crippen LogP contribution in [0.25, 0.3) is 11.8 Å². The minimum absolute atomic E-state index is 0.0359. The van der Waals surface area contributed by atoms with Crippen molar-refractivity contribution >= 4 is 34.2 Å². The molecule has 0 saturated heterocycles. The lowest BCUT2D eigenvalue weighted by Gasteiger charge is -2.23. The zero-order valence-electron chi connectivity index (χ0n) is 27.2. The molecule has 0 N–H and O–H groups in total. The number of esters is 1. The molecule has 0 saturated carbocycles. The first-order chi connectivity index (χ1) is 23.2. The summed E-state index contributed by atoms with van der Waals surface area (Å²) in [4.78, 5) is 30.7. The van der Waals surface area contributed by atoms with Gasteiger partial charge in [-0.25, -0.2) is 22.5 Å². The molecule has 0 spiro atoms. The Morgan fingerprint density at radius 2 is 1.77 bits per heavy atom. The van der Waals surface area contributed by atoms with Crippen LogP contribution >= 0.6 is 0 Å². The molecule has 2 heterocycles. The first-order valence-corrected chi connectivity index (χ1v) is 16.8. The normalized spacial score (nSPS) is 12.5. The summed E-state index contributed by atoms with van der Waals surface area (Å²) in [7, 11) is -1.36. The standard InChI is InChI=1S/C35H37N3O9S/c1-5-7-13-34-36-21-26(17-25(35(40)45-6-2)16-24-18-32-33(47-23-46-32)20-31(24)44-4)38(34)29-15-14-27(43-3)19-30(29)37(22-39)48(41,42)28-11-9-8-10-12-28/h8-12,14-15,17-22H,5-7,13,16,23H2,1-4H3. The fourth-order valence-electron chi connectivity index (χ4n) is 5.32. The number of unbranched alkanes of at least 4 members (excludes halogenated alkanes) is 1. The lowest BCUT2D eigenvalue weighted by Crippen LogP contribution is -2.30. The van der Waals surface area contributed by atoms with Crippen molar-refractivity contribution in [2.24, 2.45) is 0 Å². The van der Waals surface area contributed by atoms with E-state index in [9.17, 15) is 18.0 Å². The van der Waals surface area contributed by atoms with Crippen molar-refractivity contribution in [3.05, 3.63) is 89.5 Å². The van der Waals surface area contributed by atoms with Crippen LogP contribution in [-0.2, 0) is 37.2 Å². The van der Waals surface area contributed by atoms with Crippen molar-refractivity contribution in [2.45, 2.75) is 44.4 Å². The zero-order valence-corrected chi connectivity index (χ0v) is 28.0. The lowest BCUT2D eigenvalue weighted by molar-refractivity contribution is -0.138. The van der Waals surface area contributed by atoms with Gasteiger partial charge in [0.15, 0.2) is 11.5 Å². The molecule has 1 aromatic heterocycles. The lowest BCUT2D eigenvalue weighted by atomic mass is 10.0. The molecule has 0 unspecified atom stereocenters. The Balaban J connectivity index is 1.70.